The van der Waals surface area contributed by atoms with Crippen LogP contribution in [0.25, 0.3) is 0 Å². The van der Waals surface area contributed by atoms with Crippen LogP contribution >= 0.6 is 0 Å². The Kier molecular flexibility index (Phi) is 5.03. The molecule has 1 aromatic carbocycles. The van der Waals surface area contributed by atoms with Crippen molar-refractivity contribution in [2.75, 3.05) is 18.1 Å². The zero-order chi connectivity index (χ0) is 14.4. The minimum Gasteiger partial charge on any atom is -0.492 e. The average molecular weight is 296 g/mol. The molecular weight excluding hydrogens is 276 g/mol. The van der Waals surface area contributed by atoms with Gasteiger partial charge in [-0.05, 0) is 43.5 Å². The van der Waals surface area contributed by atoms with E-state index >= 15 is 0 Å². The summed E-state index contributed by atoms with van der Waals surface area (Å²) in [4.78, 5) is 0. The van der Waals surface area contributed by atoms with E-state index in [9.17, 15) is 8.42 Å². The molecule has 0 amide bonds. The van der Waals surface area contributed by atoms with Gasteiger partial charge in [0.2, 0.25) is 10.0 Å². The standard InChI is InChI=1S/C14H20N2O3S/c15-12-6-8-14(9-7-12)19-10-11-20(17,18)16-13-4-2-1-3-5-13/h1-2,6-9,13,16H,3-5,10-11,15H2. The first kappa shape index (κ1) is 14.9. The Morgan fingerprint density at radius 1 is 1.25 bits per heavy atom. The third kappa shape index (κ3) is 4.86. The van der Waals surface area contributed by atoms with Crippen molar-refractivity contribution in [1.82, 2.24) is 4.72 Å². The van der Waals surface area contributed by atoms with Crippen LogP contribution in [0, 0.1) is 0 Å². The van der Waals surface area contributed by atoms with E-state index in [-0.39, 0.29) is 18.4 Å². The molecule has 3 N–H and O–H groups in total. The van der Waals surface area contributed by atoms with Gasteiger partial charge in [-0.1, -0.05) is 12.2 Å². The summed E-state index contributed by atoms with van der Waals surface area (Å²) in [5, 5.41) is 0. The molecule has 1 aliphatic rings. The molecule has 20 heavy (non-hydrogen) atoms. The van der Waals surface area contributed by atoms with Gasteiger partial charge in [0, 0.05) is 11.7 Å². The Morgan fingerprint density at radius 3 is 2.65 bits per heavy atom. The first-order valence-corrected chi connectivity index (χ1v) is 8.34. The quantitative estimate of drug-likeness (QED) is 0.618. The fourth-order valence-electron chi connectivity index (χ4n) is 2.05. The Morgan fingerprint density at radius 2 is 2.00 bits per heavy atom. The zero-order valence-electron chi connectivity index (χ0n) is 11.3. The molecule has 1 aromatic rings. The first-order valence-electron chi connectivity index (χ1n) is 6.68. The van der Waals surface area contributed by atoms with E-state index in [0.717, 1.165) is 19.3 Å². The van der Waals surface area contributed by atoms with Gasteiger partial charge in [0.05, 0.1) is 5.75 Å². The number of hydrogen-bond donors (Lipinski definition) is 2. The van der Waals surface area contributed by atoms with Crippen LogP contribution in [0.4, 0.5) is 5.69 Å². The highest BCUT2D eigenvalue weighted by Gasteiger charge is 2.18. The van der Waals surface area contributed by atoms with E-state index in [0.29, 0.717) is 11.4 Å². The molecule has 1 aliphatic carbocycles. The van der Waals surface area contributed by atoms with Crippen molar-refractivity contribution in [1.29, 1.82) is 0 Å². The molecule has 0 saturated carbocycles. The van der Waals surface area contributed by atoms with E-state index in [4.69, 9.17) is 10.5 Å². The number of sulfonamides is 1. The average Bonchev–Trinajstić information content (AvgIpc) is 2.41. The van der Waals surface area contributed by atoms with Gasteiger partial charge in [-0.25, -0.2) is 13.1 Å². The van der Waals surface area contributed by atoms with Gasteiger partial charge < -0.3 is 10.5 Å². The van der Waals surface area contributed by atoms with Gasteiger partial charge in [0.1, 0.15) is 12.4 Å². The summed E-state index contributed by atoms with van der Waals surface area (Å²) < 4.78 is 31.9. The summed E-state index contributed by atoms with van der Waals surface area (Å²) in [6, 6.07) is 6.90. The lowest BCUT2D eigenvalue weighted by Gasteiger charge is -2.19. The molecule has 6 heteroatoms. The third-order valence-corrected chi connectivity index (χ3v) is 4.51. The summed E-state index contributed by atoms with van der Waals surface area (Å²) in [6.45, 7) is 0.127. The molecule has 0 fully saturated rings. The van der Waals surface area contributed by atoms with Crippen LogP contribution in [0.3, 0.4) is 0 Å². The molecule has 0 spiro atoms. The van der Waals surface area contributed by atoms with Crippen LogP contribution < -0.4 is 15.2 Å². The van der Waals surface area contributed by atoms with Crippen molar-refractivity contribution in [3.63, 3.8) is 0 Å². The second kappa shape index (κ2) is 6.76. The van der Waals surface area contributed by atoms with E-state index in [1.165, 1.54) is 0 Å². The monoisotopic (exact) mass is 296 g/mol. The van der Waals surface area contributed by atoms with Gasteiger partial charge in [-0.2, -0.15) is 0 Å². The van der Waals surface area contributed by atoms with Crippen molar-refractivity contribution in [2.24, 2.45) is 0 Å². The summed E-state index contributed by atoms with van der Waals surface area (Å²) in [5.74, 6) is 0.576. The van der Waals surface area contributed by atoms with E-state index in [1.54, 1.807) is 24.3 Å². The number of nitrogens with two attached hydrogens (primary N) is 1. The largest absolute Gasteiger partial charge is 0.492 e. The molecule has 1 atom stereocenters. The molecule has 0 heterocycles. The molecule has 0 radical (unpaired) electrons. The smallest absolute Gasteiger partial charge is 0.215 e. The van der Waals surface area contributed by atoms with Crippen LogP contribution in [0.2, 0.25) is 0 Å². The number of nitrogen functional groups attached to an aromatic ring is 1. The Labute approximate surface area is 119 Å². The molecule has 5 nitrogen and oxygen atoms in total. The number of benzene rings is 1. The number of allylic oxidation sites excluding steroid dienone is 1. The van der Waals surface area contributed by atoms with E-state index in [1.807, 2.05) is 6.08 Å². The second-order valence-corrected chi connectivity index (χ2v) is 6.71. The van der Waals surface area contributed by atoms with E-state index < -0.39 is 10.0 Å². The van der Waals surface area contributed by atoms with Gasteiger partial charge in [-0.3, -0.25) is 0 Å². The molecule has 0 saturated heterocycles. The van der Waals surface area contributed by atoms with Crippen LogP contribution in [0.1, 0.15) is 19.3 Å². The lowest BCUT2D eigenvalue weighted by molar-refractivity contribution is 0.340. The highest BCUT2D eigenvalue weighted by atomic mass is 32.2. The topological polar surface area (TPSA) is 81.4 Å². The normalized spacial score (nSPS) is 18.9. The maximum absolute atomic E-state index is 11.9. The van der Waals surface area contributed by atoms with Crippen LogP contribution in [0.5, 0.6) is 5.75 Å². The lowest BCUT2D eigenvalue weighted by atomic mass is 10.0. The highest BCUT2D eigenvalue weighted by molar-refractivity contribution is 7.89. The summed E-state index contributed by atoms with van der Waals surface area (Å²) >= 11 is 0. The van der Waals surface area contributed by atoms with E-state index in [2.05, 4.69) is 10.8 Å². The van der Waals surface area contributed by atoms with Gasteiger partial charge in [0.15, 0.2) is 0 Å². The number of ether oxygens (including phenoxy) is 1. The lowest BCUT2D eigenvalue weighted by Crippen LogP contribution is -2.38. The SMILES string of the molecule is Nc1ccc(OCCS(=O)(=O)NC2CC=CCC2)cc1. The van der Waals surface area contributed by atoms with Crippen LogP contribution in [0.15, 0.2) is 36.4 Å². The molecule has 1 unspecified atom stereocenters. The van der Waals surface area contributed by atoms with Crippen LogP contribution in [-0.2, 0) is 10.0 Å². The van der Waals surface area contributed by atoms with Crippen LogP contribution in [-0.4, -0.2) is 26.8 Å². The number of rotatable bonds is 6. The first-order chi connectivity index (χ1) is 9.55. The summed E-state index contributed by atoms with van der Waals surface area (Å²) in [5.41, 5.74) is 6.21. The summed E-state index contributed by atoms with van der Waals surface area (Å²) in [7, 11) is -3.29. The maximum Gasteiger partial charge on any atom is 0.215 e. The van der Waals surface area contributed by atoms with Crippen molar-refractivity contribution < 1.29 is 13.2 Å². The van der Waals surface area contributed by atoms with Crippen molar-refractivity contribution in [3.05, 3.63) is 36.4 Å². The fraction of sp³-hybridized carbons (Fsp3) is 0.429. The predicted octanol–water partition coefficient (Wildman–Crippen LogP) is 1.68. The van der Waals surface area contributed by atoms with Crippen molar-refractivity contribution >= 4 is 15.7 Å². The molecule has 0 bridgehead atoms. The second-order valence-electron chi connectivity index (χ2n) is 4.84. The maximum atomic E-state index is 11.9. The Bertz CT molecular complexity index is 552. The molecular formula is C14H20N2O3S. The van der Waals surface area contributed by atoms with Gasteiger partial charge >= 0.3 is 0 Å². The predicted molar refractivity (Wildman–Crippen MR) is 80.1 cm³/mol. The molecule has 0 aromatic heterocycles. The van der Waals surface area contributed by atoms with Crippen molar-refractivity contribution in [2.45, 2.75) is 25.3 Å². The highest BCUT2D eigenvalue weighted by Crippen LogP contribution is 2.14. The number of hydrogen-bond acceptors (Lipinski definition) is 4. The Balaban J connectivity index is 1.77. The molecule has 0 aliphatic heterocycles. The minimum absolute atomic E-state index is 0.0153. The third-order valence-electron chi connectivity index (χ3n) is 3.12. The molecule has 2 rings (SSSR count). The number of anilines is 1. The minimum atomic E-state index is -3.29. The zero-order valence-corrected chi connectivity index (χ0v) is 12.1. The van der Waals surface area contributed by atoms with Gasteiger partial charge in [0.25, 0.3) is 0 Å². The summed E-state index contributed by atoms with van der Waals surface area (Å²) in [6.07, 6.45) is 6.64. The van der Waals surface area contributed by atoms with Gasteiger partial charge in [-0.15, -0.1) is 0 Å². The number of nitrogens with one attached hydrogen (secondary N) is 1. The van der Waals surface area contributed by atoms with Crippen molar-refractivity contribution in [3.8, 4) is 5.75 Å². The fourth-order valence-corrected chi connectivity index (χ4v) is 3.19. The molecule has 110 valence electrons. The Hall–Kier alpha value is -1.53.